The van der Waals surface area contributed by atoms with Gasteiger partial charge in [0.15, 0.2) is 17.2 Å². The second-order valence-corrected chi connectivity index (χ2v) is 8.48. The van der Waals surface area contributed by atoms with Crippen molar-refractivity contribution >= 4 is 10.9 Å². The number of hydrogen-bond donors (Lipinski definition) is 2. The standard InChI is InChI=1S/C29H31NO6/c1-4-5-7-12-22-28(31)23-15-21(33-2)17-26(27(23)30-29(22)32)36-24-14-13-20(16-25(24)34-3)35-18-19-10-8-6-9-11-19/h6,8-11,13-17H,4-5,7,12,18H2,1-3H3,(H2,30,31,32). The molecule has 2 N–H and O–H groups in total. The number of unbranched alkanes of at least 4 members (excludes halogenated alkanes) is 2. The second kappa shape index (κ2) is 11.5. The molecule has 0 aliphatic rings. The maximum atomic E-state index is 12.8. The highest BCUT2D eigenvalue weighted by molar-refractivity contribution is 5.92. The van der Waals surface area contributed by atoms with Crippen molar-refractivity contribution in [3.8, 4) is 34.5 Å². The highest BCUT2D eigenvalue weighted by atomic mass is 16.5. The van der Waals surface area contributed by atoms with E-state index in [9.17, 15) is 9.90 Å². The molecule has 7 heteroatoms. The van der Waals surface area contributed by atoms with Gasteiger partial charge >= 0.3 is 0 Å². The number of fused-ring (bicyclic) bond motifs is 1. The van der Waals surface area contributed by atoms with E-state index in [2.05, 4.69) is 11.9 Å². The Hall–Kier alpha value is -4.13. The molecule has 4 rings (SSSR count). The summed E-state index contributed by atoms with van der Waals surface area (Å²) in [5, 5.41) is 11.4. The first-order valence-corrected chi connectivity index (χ1v) is 12.0. The minimum atomic E-state index is -0.331. The van der Waals surface area contributed by atoms with Gasteiger partial charge in [0, 0.05) is 17.5 Å². The van der Waals surface area contributed by atoms with Gasteiger partial charge in [-0.3, -0.25) is 4.79 Å². The third kappa shape index (κ3) is 5.57. The van der Waals surface area contributed by atoms with E-state index in [-0.39, 0.29) is 11.3 Å². The van der Waals surface area contributed by atoms with Crippen LogP contribution in [0.1, 0.15) is 37.3 Å². The van der Waals surface area contributed by atoms with Gasteiger partial charge in [-0.25, -0.2) is 0 Å². The van der Waals surface area contributed by atoms with Crippen molar-refractivity contribution in [2.24, 2.45) is 0 Å². The Morgan fingerprint density at radius 2 is 1.64 bits per heavy atom. The number of H-pyrrole nitrogens is 1. The monoisotopic (exact) mass is 489 g/mol. The zero-order valence-electron chi connectivity index (χ0n) is 20.8. The van der Waals surface area contributed by atoms with Crippen LogP contribution in [0.15, 0.2) is 65.5 Å². The maximum Gasteiger partial charge on any atom is 0.255 e. The zero-order chi connectivity index (χ0) is 25.5. The molecular weight excluding hydrogens is 458 g/mol. The third-order valence-electron chi connectivity index (χ3n) is 6.00. The summed E-state index contributed by atoms with van der Waals surface area (Å²) >= 11 is 0. The molecule has 36 heavy (non-hydrogen) atoms. The van der Waals surface area contributed by atoms with Gasteiger partial charge in [0.2, 0.25) is 0 Å². The number of pyridine rings is 1. The summed E-state index contributed by atoms with van der Waals surface area (Å²) in [5.74, 6) is 2.27. The number of aromatic amines is 1. The van der Waals surface area contributed by atoms with Gasteiger partial charge in [-0.2, -0.15) is 0 Å². The fourth-order valence-corrected chi connectivity index (χ4v) is 4.03. The fourth-order valence-electron chi connectivity index (χ4n) is 4.03. The van der Waals surface area contributed by atoms with Gasteiger partial charge < -0.3 is 29.0 Å². The number of nitrogens with one attached hydrogen (secondary N) is 1. The molecule has 0 aliphatic heterocycles. The van der Waals surface area contributed by atoms with E-state index < -0.39 is 0 Å². The number of benzene rings is 3. The molecule has 0 unspecified atom stereocenters. The van der Waals surface area contributed by atoms with Crippen molar-refractivity contribution in [2.45, 2.75) is 39.2 Å². The van der Waals surface area contributed by atoms with E-state index in [1.807, 2.05) is 30.3 Å². The number of aromatic nitrogens is 1. The lowest BCUT2D eigenvalue weighted by molar-refractivity contribution is 0.302. The molecule has 0 aliphatic carbocycles. The molecule has 0 spiro atoms. The van der Waals surface area contributed by atoms with Crippen molar-refractivity contribution in [1.29, 1.82) is 0 Å². The lowest BCUT2D eigenvalue weighted by Crippen LogP contribution is -2.13. The largest absolute Gasteiger partial charge is 0.507 e. The Morgan fingerprint density at radius 1 is 0.861 bits per heavy atom. The van der Waals surface area contributed by atoms with E-state index in [0.717, 1.165) is 24.8 Å². The lowest BCUT2D eigenvalue weighted by Gasteiger charge is -2.16. The Morgan fingerprint density at radius 3 is 2.36 bits per heavy atom. The average molecular weight is 490 g/mol. The number of hydrogen-bond acceptors (Lipinski definition) is 6. The van der Waals surface area contributed by atoms with Gasteiger partial charge in [0.05, 0.1) is 25.3 Å². The summed E-state index contributed by atoms with van der Waals surface area (Å²) in [7, 11) is 3.08. The summed E-state index contributed by atoms with van der Waals surface area (Å²) in [6.07, 6.45) is 3.32. The van der Waals surface area contributed by atoms with Crippen LogP contribution in [0.2, 0.25) is 0 Å². The Balaban J connectivity index is 1.66. The first-order chi connectivity index (χ1) is 17.5. The predicted molar refractivity (Wildman–Crippen MR) is 140 cm³/mol. The predicted octanol–water partition coefficient (Wildman–Crippen LogP) is 6.35. The average Bonchev–Trinajstić information content (AvgIpc) is 2.90. The summed E-state index contributed by atoms with van der Waals surface area (Å²) in [6, 6.07) is 18.5. The second-order valence-electron chi connectivity index (χ2n) is 8.48. The van der Waals surface area contributed by atoms with Crippen LogP contribution in [0.5, 0.6) is 34.5 Å². The van der Waals surface area contributed by atoms with Crippen molar-refractivity contribution in [3.63, 3.8) is 0 Å². The molecule has 1 heterocycles. The summed E-state index contributed by atoms with van der Waals surface area (Å²) < 4.78 is 23.1. The topological polar surface area (TPSA) is 90.0 Å². The summed E-state index contributed by atoms with van der Waals surface area (Å²) in [5.41, 5.74) is 1.47. The molecule has 188 valence electrons. The van der Waals surface area contributed by atoms with Crippen LogP contribution >= 0.6 is 0 Å². The number of aromatic hydroxyl groups is 1. The summed E-state index contributed by atoms with van der Waals surface area (Å²) in [6.45, 7) is 2.51. The highest BCUT2D eigenvalue weighted by Gasteiger charge is 2.18. The SMILES string of the molecule is CCCCCc1c(O)c2cc(OC)cc(Oc3ccc(OCc4ccccc4)cc3OC)c2[nH]c1=O. The van der Waals surface area contributed by atoms with E-state index in [0.29, 0.717) is 58.2 Å². The van der Waals surface area contributed by atoms with Crippen molar-refractivity contribution in [1.82, 2.24) is 4.98 Å². The van der Waals surface area contributed by atoms with Gasteiger partial charge in [-0.05, 0) is 36.6 Å². The van der Waals surface area contributed by atoms with Gasteiger partial charge in [0.25, 0.3) is 5.56 Å². The molecule has 4 aromatic rings. The van der Waals surface area contributed by atoms with Gasteiger partial charge in [0.1, 0.15) is 23.9 Å². The molecule has 0 saturated carbocycles. The Labute approximate surface area is 210 Å². The fraction of sp³-hybridized carbons (Fsp3) is 0.276. The van der Waals surface area contributed by atoms with Gasteiger partial charge in [-0.1, -0.05) is 50.1 Å². The minimum absolute atomic E-state index is 0.0507. The van der Waals surface area contributed by atoms with E-state index in [1.54, 1.807) is 37.4 Å². The van der Waals surface area contributed by atoms with Crippen LogP contribution in [-0.4, -0.2) is 24.3 Å². The molecule has 0 atom stereocenters. The number of rotatable bonds is 11. The zero-order valence-corrected chi connectivity index (χ0v) is 20.8. The van der Waals surface area contributed by atoms with Crippen molar-refractivity contribution < 1.29 is 24.1 Å². The molecular formula is C29H31NO6. The molecule has 0 fully saturated rings. The van der Waals surface area contributed by atoms with E-state index in [4.69, 9.17) is 18.9 Å². The lowest BCUT2D eigenvalue weighted by atomic mass is 10.0. The van der Waals surface area contributed by atoms with Crippen LogP contribution in [0, 0.1) is 0 Å². The van der Waals surface area contributed by atoms with E-state index in [1.165, 1.54) is 7.11 Å². The van der Waals surface area contributed by atoms with Crippen LogP contribution in [-0.2, 0) is 13.0 Å². The highest BCUT2D eigenvalue weighted by Crippen LogP contribution is 2.41. The molecule has 0 saturated heterocycles. The summed E-state index contributed by atoms with van der Waals surface area (Å²) in [4.78, 5) is 15.7. The molecule has 0 radical (unpaired) electrons. The molecule has 0 bridgehead atoms. The molecule has 1 aromatic heterocycles. The Kier molecular flexibility index (Phi) is 8.00. The smallest absolute Gasteiger partial charge is 0.255 e. The van der Waals surface area contributed by atoms with Gasteiger partial charge in [-0.15, -0.1) is 0 Å². The number of ether oxygens (including phenoxy) is 4. The van der Waals surface area contributed by atoms with Crippen LogP contribution in [0.4, 0.5) is 0 Å². The first kappa shape index (κ1) is 25.0. The van der Waals surface area contributed by atoms with E-state index >= 15 is 0 Å². The molecule has 0 amide bonds. The minimum Gasteiger partial charge on any atom is -0.507 e. The van der Waals surface area contributed by atoms with Crippen molar-refractivity contribution in [3.05, 3.63) is 82.1 Å². The Bertz CT molecular complexity index is 1380. The van der Waals surface area contributed by atoms with Crippen LogP contribution < -0.4 is 24.5 Å². The molecule has 3 aromatic carbocycles. The first-order valence-electron chi connectivity index (χ1n) is 12.0. The van der Waals surface area contributed by atoms with Crippen LogP contribution in [0.3, 0.4) is 0 Å². The third-order valence-corrected chi connectivity index (χ3v) is 6.00. The quantitative estimate of drug-likeness (QED) is 0.239. The molecule has 7 nitrogen and oxygen atoms in total. The normalized spacial score (nSPS) is 10.9. The number of methoxy groups -OCH3 is 2. The maximum absolute atomic E-state index is 12.8. The van der Waals surface area contributed by atoms with Crippen molar-refractivity contribution in [2.75, 3.05) is 14.2 Å². The van der Waals surface area contributed by atoms with Crippen LogP contribution in [0.25, 0.3) is 10.9 Å².